The van der Waals surface area contributed by atoms with E-state index in [0.717, 1.165) is 0 Å². The minimum absolute atomic E-state index is 0.144. The SMILES string of the molecule is CC.CC.Nc1ccc2c(c1)C(=O)C=CC2=O. The van der Waals surface area contributed by atoms with Crippen LogP contribution in [0.5, 0.6) is 0 Å². The molecule has 92 valence electrons. The van der Waals surface area contributed by atoms with Crippen LogP contribution in [0.3, 0.4) is 0 Å². The summed E-state index contributed by atoms with van der Waals surface area (Å²) in [6, 6.07) is 4.72. The first-order chi connectivity index (χ1) is 8.18. The molecule has 0 saturated carbocycles. The van der Waals surface area contributed by atoms with E-state index in [4.69, 9.17) is 5.73 Å². The second-order valence-corrected chi connectivity index (χ2v) is 2.87. The number of hydrogen-bond acceptors (Lipinski definition) is 3. The van der Waals surface area contributed by atoms with Crippen LogP contribution in [0, 0.1) is 0 Å². The van der Waals surface area contributed by atoms with Gasteiger partial charge in [-0.3, -0.25) is 9.59 Å². The number of carbonyl (C=O) groups excluding carboxylic acids is 2. The van der Waals surface area contributed by atoms with Crippen LogP contribution in [0.2, 0.25) is 0 Å². The second kappa shape index (κ2) is 7.39. The van der Waals surface area contributed by atoms with E-state index < -0.39 is 0 Å². The number of nitrogen functional groups attached to an aromatic ring is 1. The van der Waals surface area contributed by atoms with Crippen molar-refractivity contribution in [3.63, 3.8) is 0 Å². The van der Waals surface area contributed by atoms with E-state index in [1.54, 1.807) is 12.1 Å². The molecule has 0 heterocycles. The average molecular weight is 233 g/mol. The Morgan fingerprint density at radius 3 is 1.82 bits per heavy atom. The fourth-order valence-electron chi connectivity index (χ4n) is 1.31. The largest absolute Gasteiger partial charge is 0.399 e. The number of carbonyl (C=O) groups is 2. The lowest BCUT2D eigenvalue weighted by atomic mass is 9.94. The van der Waals surface area contributed by atoms with Crippen LogP contribution in [0.15, 0.2) is 30.4 Å². The Morgan fingerprint density at radius 2 is 1.29 bits per heavy atom. The Morgan fingerprint density at radius 1 is 0.824 bits per heavy atom. The summed E-state index contributed by atoms with van der Waals surface area (Å²) in [5.41, 5.74) is 6.83. The van der Waals surface area contributed by atoms with Gasteiger partial charge in [-0.25, -0.2) is 0 Å². The van der Waals surface area contributed by atoms with Gasteiger partial charge in [-0.1, -0.05) is 27.7 Å². The highest BCUT2D eigenvalue weighted by atomic mass is 16.1. The molecule has 3 nitrogen and oxygen atoms in total. The number of benzene rings is 1. The van der Waals surface area contributed by atoms with Gasteiger partial charge in [0.25, 0.3) is 0 Å². The first kappa shape index (κ1) is 15.1. The lowest BCUT2D eigenvalue weighted by molar-refractivity contribution is 0.0994. The van der Waals surface area contributed by atoms with Gasteiger partial charge in [0.2, 0.25) is 0 Å². The van der Waals surface area contributed by atoms with Gasteiger partial charge >= 0.3 is 0 Å². The molecular formula is C14H19NO2. The molecule has 1 aliphatic carbocycles. The number of ketones is 2. The van der Waals surface area contributed by atoms with Crippen molar-refractivity contribution >= 4 is 17.3 Å². The van der Waals surface area contributed by atoms with Crippen molar-refractivity contribution in [3.05, 3.63) is 41.5 Å². The fraction of sp³-hybridized carbons (Fsp3) is 0.286. The van der Waals surface area contributed by atoms with Crippen molar-refractivity contribution in [2.75, 3.05) is 5.73 Å². The molecule has 2 rings (SSSR count). The zero-order chi connectivity index (χ0) is 13.4. The van der Waals surface area contributed by atoms with Gasteiger partial charge in [0.05, 0.1) is 0 Å². The summed E-state index contributed by atoms with van der Waals surface area (Å²) < 4.78 is 0. The zero-order valence-corrected chi connectivity index (χ0v) is 10.8. The predicted octanol–water partition coefficient (Wildman–Crippen LogP) is 3.26. The summed E-state index contributed by atoms with van der Waals surface area (Å²) in [4.78, 5) is 22.6. The number of rotatable bonds is 0. The van der Waals surface area contributed by atoms with E-state index in [2.05, 4.69) is 0 Å². The molecule has 0 spiro atoms. The normalized spacial score (nSPS) is 11.8. The molecule has 0 aromatic heterocycles. The summed E-state index contributed by atoms with van der Waals surface area (Å²) in [5.74, 6) is -0.309. The molecule has 0 unspecified atom stereocenters. The standard InChI is InChI=1S/C10H7NO2.2C2H6/c11-6-1-2-7-8(5-6)10(13)4-3-9(7)12;2*1-2/h1-5H,11H2;2*1-2H3. The first-order valence-corrected chi connectivity index (χ1v) is 5.85. The fourth-order valence-corrected chi connectivity index (χ4v) is 1.31. The molecule has 1 aromatic carbocycles. The highest BCUT2D eigenvalue weighted by molar-refractivity contribution is 6.22. The third-order valence-corrected chi connectivity index (χ3v) is 1.96. The molecule has 1 aliphatic rings. The van der Waals surface area contributed by atoms with Crippen molar-refractivity contribution in [2.24, 2.45) is 0 Å². The van der Waals surface area contributed by atoms with E-state index in [9.17, 15) is 9.59 Å². The molecule has 0 radical (unpaired) electrons. The van der Waals surface area contributed by atoms with Crippen molar-refractivity contribution in [1.82, 2.24) is 0 Å². The van der Waals surface area contributed by atoms with E-state index in [-0.39, 0.29) is 11.6 Å². The van der Waals surface area contributed by atoms with Crippen LogP contribution >= 0.6 is 0 Å². The third kappa shape index (κ3) is 3.55. The topological polar surface area (TPSA) is 60.2 Å². The number of nitrogens with two attached hydrogens (primary N) is 1. The van der Waals surface area contributed by atoms with Crippen molar-refractivity contribution < 1.29 is 9.59 Å². The quantitative estimate of drug-likeness (QED) is 0.700. The Bertz CT molecular complexity index is 434. The van der Waals surface area contributed by atoms with Crippen molar-refractivity contribution in [1.29, 1.82) is 0 Å². The minimum atomic E-state index is -0.165. The lowest BCUT2D eigenvalue weighted by Gasteiger charge is -2.08. The van der Waals surface area contributed by atoms with E-state index in [1.807, 2.05) is 27.7 Å². The van der Waals surface area contributed by atoms with Crippen molar-refractivity contribution in [2.45, 2.75) is 27.7 Å². The van der Waals surface area contributed by atoms with Crippen LogP contribution in [0.1, 0.15) is 48.4 Å². The van der Waals surface area contributed by atoms with Crippen LogP contribution in [0.4, 0.5) is 5.69 Å². The number of allylic oxidation sites excluding steroid dienone is 2. The van der Waals surface area contributed by atoms with Crippen molar-refractivity contribution in [3.8, 4) is 0 Å². The Balaban J connectivity index is 0.000000581. The smallest absolute Gasteiger partial charge is 0.186 e. The highest BCUT2D eigenvalue weighted by Gasteiger charge is 2.18. The molecule has 2 N–H and O–H groups in total. The minimum Gasteiger partial charge on any atom is -0.399 e. The maximum atomic E-state index is 11.3. The summed E-state index contributed by atoms with van der Waals surface area (Å²) >= 11 is 0. The monoisotopic (exact) mass is 233 g/mol. The third-order valence-electron chi connectivity index (χ3n) is 1.96. The number of fused-ring (bicyclic) bond motifs is 1. The lowest BCUT2D eigenvalue weighted by Crippen LogP contribution is -2.11. The van der Waals surface area contributed by atoms with Gasteiger partial charge in [-0.2, -0.15) is 0 Å². The molecule has 17 heavy (non-hydrogen) atoms. The maximum Gasteiger partial charge on any atom is 0.186 e. The van der Waals surface area contributed by atoms with Crippen LogP contribution in [0.25, 0.3) is 0 Å². The van der Waals surface area contributed by atoms with Gasteiger partial charge in [0, 0.05) is 16.8 Å². The summed E-state index contributed by atoms with van der Waals surface area (Å²) in [6.07, 6.45) is 2.55. The maximum absolute atomic E-state index is 11.3. The number of anilines is 1. The molecule has 0 fully saturated rings. The van der Waals surface area contributed by atoms with Gasteiger partial charge in [-0.15, -0.1) is 0 Å². The average Bonchev–Trinajstić information content (AvgIpc) is 2.39. The second-order valence-electron chi connectivity index (χ2n) is 2.87. The van der Waals surface area contributed by atoms with Gasteiger partial charge in [-0.05, 0) is 30.4 Å². The summed E-state index contributed by atoms with van der Waals surface area (Å²) in [5, 5.41) is 0. The molecule has 0 amide bonds. The molecule has 0 saturated heterocycles. The zero-order valence-electron chi connectivity index (χ0n) is 10.8. The van der Waals surface area contributed by atoms with E-state index in [0.29, 0.717) is 16.8 Å². The van der Waals surface area contributed by atoms with E-state index >= 15 is 0 Å². The number of hydrogen-bond donors (Lipinski definition) is 1. The molecule has 3 heteroatoms. The Labute approximate surface area is 102 Å². The van der Waals surface area contributed by atoms with Gasteiger partial charge in [0.1, 0.15) is 0 Å². The molecule has 0 atom stereocenters. The Hall–Kier alpha value is -1.90. The first-order valence-electron chi connectivity index (χ1n) is 5.85. The van der Waals surface area contributed by atoms with E-state index in [1.165, 1.54) is 18.2 Å². The molecule has 1 aromatic rings. The molecular weight excluding hydrogens is 214 g/mol. The Kier molecular flexibility index (Phi) is 6.56. The van der Waals surface area contributed by atoms with Crippen LogP contribution in [-0.4, -0.2) is 11.6 Å². The highest BCUT2D eigenvalue weighted by Crippen LogP contribution is 2.19. The molecule has 0 bridgehead atoms. The van der Waals surface area contributed by atoms with Gasteiger partial charge < -0.3 is 5.73 Å². The predicted molar refractivity (Wildman–Crippen MR) is 71.4 cm³/mol. The summed E-state index contributed by atoms with van der Waals surface area (Å²) in [6.45, 7) is 8.00. The van der Waals surface area contributed by atoms with Crippen LogP contribution in [-0.2, 0) is 0 Å². The van der Waals surface area contributed by atoms with Gasteiger partial charge in [0.15, 0.2) is 11.6 Å². The molecule has 0 aliphatic heterocycles. The van der Waals surface area contributed by atoms with Crippen LogP contribution < -0.4 is 5.73 Å². The summed E-state index contributed by atoms with van der Waals surface area (Å²) in [7, 11) is 0.